The van der Waals surface area contributed by atoms with Crippen molar-refractivity contribution in [1.82, 2.24) is 15.1 Å². The zero-order chi connectivity index (χ0) is 20.7. The van der Waals surface area contributed by atoms with Crippen molar-refractivity contribution in [2.45, 2.75) is 26.0 Å². The van der Waals surface area contributed by atoms with Gasteiger partial charge < -0.3 is 10.1 Å². The minimum atomic E-state index is -1.30. The van der Waals surface area contributed by atoms with Gasteiger partial charge in [-0.25, -0.2) is 9.59 Å². The van der Waals surface area contributed by atoms with E-state index in [2.05, 4.69) is 5.32 Å². The Hall–Kier alpha value is -2.65. The van der Waals surface area contributed by atoms with E-state index in [4.69, 9.17) is 27.9 Å². The molecule has 0 radical (unpaired) electrons. The molecule has 9 nitrogen and oxygen atoms in total. The number of rotatable bonds is 4. The number of hydrogen-bond donors (Lipinski definition) is 1. The standard InChI is InChI=1S/C17H15Cl2N3O6/c1-7(16(26)28-8(2)13(23)21-4-3-20-17(21)27)22-14(24)9-5-11(18)12(19)6-10(9)15(22)25/h5-8H,3-4H2,1-2H3,(H,20,27)/t7-,8-/m0/s1. The average molecular weight is 428 g/mol. The number of fused-ring (bicyclic) bond motifs is 1. The molecular formula is C17H15Cl2N3O6. The predicted molar refractivity (Wildman–Crippen MR) is 97.1 cm³/mol. The Morgan fingerprint density at radius 1 is 1.07 bits per heavy atom. The van der Waals surface area contributed by atoms with Crippen molar-refractivity contribution in [3.05, 3.63) is 33.3 Å². The highest BCUT2D eigenvalue weighted by Gasteiger charge is 2.43. The van der Waals surface area contributed by atoms with Crippen molar-refractivity contribution in [3.63, 3.8) is 0 Å². The molecule has 2 aliphatic rings. The summed E-state index contributed by atoms with van der Waals surface area (Å²) in [6.45, 7) is 3.07. The van der Waals surface area contributed by atoms with Gasteiger partial charge in [-0.3, -0.25) is 24.2 Å². The number of esters is 1. The molecule has 28 heavy (non-hydrogen) atoms. The van der Waals surface area contributed by atoms with Gasteiger partial charge in [-0.1, -0.05) is 23.2 Å². The van der Waals surface area contributed by atoms with Crippen molar-refractivity contribution in [2.75, 3.05) is 13.1 Å². The third-order valence-electron chi connectivity index (χ3n) is 4.45. The summed E-state index contributed by atoms with van der Waals surface area (Å²) in [6.07, 6.45) is -1.27. The maximum Gasteiger partial charge on any atom is 0.329 e. The Morgan fingerprint density at radius 3 is 2.07 bits per heavy atom. The fraction of sp³-hybridized carbons (Fsp3) is 0.353. The molecule has 2 atom stereocenters. The molecular weight excluding hydrogens is 413 g/mol. The number of nitrogens with one attached hydrogen (secondary N) is 1. The van der Waals surface area contributed by atoms with Gasteiger partial charge >= 0.3 is 12.0 Å². The van der Waals surface area contributed by atoms with Crippen molar-refractivity contribution >= 4 is 52.9 Å². The van der Waals surface area contributed by atoms with Crippen LogP contribution in [0.25, 0.3) is 0 Å². The summed E-state index contributed by atoms with van der Waals surface area (Å²) in [5, 5.41) is 2.66. The Balaban J connectivity index is 1.73. The first-order valence-corrected chi connectivity index (χ1v) is 9.05. The first-order chi connectivity index (χ1) is 13.1. The number of ether oxygens (including phenoxy) is 1. The van der Waals surface area contributed by atoms with Gasteiger partial charge in [0, 0.05) is 13.1 Å². The minimum Gasteiger partial charge on any atom is -0.451 e. The van der Waals surface area contributed by atoms with Crippen LogP contribution in [0.2, 0.25) is 10.0 Å². The summed E-state index contributed by atoms with van der Waals surface area (Å²) in [7, 11) is 0. The topological polar surface area (TPSA) is 113 Å². The van der Waals surface area contributed by atoms with E-state index in [1.807, 2.05) is 0 Å². The van der Waals surface area contributed by atoms with Crippen LogP contribution in [0.5, 0.6) is 0 Å². The maximum absolute atomic E-state index is 12.6. The Kier molecular flexibility index (Phi) is 5.31. The smallest absolute Gasteiger partial charge is 0.329 e. The molecule has 0 aromatic heterocycles. The molecule has 11 heteroatoms. The SMILES string of the molecule is C[C@H](OC(=O)[C@H](C)N1C(=O)c2cc(Cl)c(Cl)cc2C1=O)C(=O)N1CCNC1=O. The third-order valence-corrected chi connectivity index (χ3v) is 5.17. The molecule has 1 aromatic rings. The maximum atomic E-state index is 12.6. The van der Waals surface area contributed by atoms with Crippen LogP contribution in [0.4, 0.5) is 4.79 Å². The fourth-order valence-electron chi connectivity index (χ4n) is 2.93. The number of carbonyl (C=O) groups is 5. The quantitative estimate of drug-likeness (QED) is 0.574. The van der Waals surface area contributed by atoms with Gasteiger partial charge in [0.25, 0.3) is 17.7 Å². The van der Waals surface area contributed by atoms with Gasteiger partial charge in [-0.05, 0) is 26.0 Å². The summed E-state index contributed by atoms with van der Waals surface area (Å²) in [6, 6.07) is 0.647. The van der Waals surface area contributed by atoms with Crippen LogP contribution in [-0.2, 0) is 14.3 Å². The van der Waals surface area contributed by atoms with Crippen LogP contribution >= 0.6 is 23.2 Å². The van der Waals surface area contributed by atoms with E-state index in [-0.39, 0.29) is 27.7 Å². The highest BCUT2D eigenvalue weighted by atomic mass is 35.5. The fourth-order valence-corrected chi connectivity index (χ4v) is 3.26. The molecule has 3 rings (SSSR count). The number of amides is 5. The molecule has 1 N–H and O–H groups in total. The van der Waals surface area contributed by atoms with Gasteiger partial charge in [0.15, 0.2) is 6.10 Å². The largest absolute Gasteiger partial charge is 0.451 e. The molecule has 0 spiro atoms. The summed E-state index contributed by atoms with van der Waals surface area (Å²) in [5.74, 6) is -3.11. The molecule has 1 aromatic carbocycles. The molecule has 2 aliphatic heterocycles. The summed E-state index contributed by atoms with van der Waals surface area (Å²) in [4.78, 5) is 63.0. The van der Waals surface area contributed by atoms with Crippen molar-refractivity contribution < 1.29 is 28.7 Å². The zero-order valence-corrected chi connectivity index (χ0v) is 16.3. The van der Waals surface area contributed by atoms with E-state index in [9.17, 15) is 24.0 Å². The first-order valence-electron chi connectivity index (χ1n) is 8.30. The summed E-state index contributed by atoms with van der Waals surface area (Å²) >= 11 is 11.8. The highest BCUT2D eigenvalue weighted by Crippen LogP contribution is 2.32. The van der Waals surface area contributed by atoms with Crippen LogP contribution in [-0.4, -0.2) is 64.8 Å². The second-order valence-electron chi connectivity index (χ2n) is 6.27. The average Bonchev–Trinajstić information content (AvgIpc) is 3.16. The zero-order valence-electron chi connectivity index (χ0n) is 14.8. The summed E-state index contributed by atoms with van der Waals surface area (Å²) in [5.41, 5.74) is 0.0498. The van der Waals surface area contributed by atoms with E-state index >= 15 is 0 Å². The molecule has 148 valence electrons. The Labute approximate surface area is 169 Å². The third kappa shape index (κ3) is 3.31. The number of imide groups is 2. The normalized spacial score (nSPS) is 18.1. The van der Waals surface area contributed by atoms with Gasteiger partial charge in [0.05, 0.1) is 21.2 Å². The number of urea groups is 1. The number of hydrogen-bond acceptors (Lipinski definition) is 6. The molecule has 0 unspecified atom stereocenters. The second-order valence-corrected chi connectivity index (χ2v) is 7.08. The molecule has 0 aliphatic carbocycles. The molecule has 2 heterocycles. The lowest BCUT2D eigenvalue weighted by molar-refractivity contribution is -0.160. The lowest BCUT2D eigenvalue weighted by atomic mass is 10.1. The molecule has 0 saturated carbocycles. The van der Waals surface area contributed by atoms with Gasteiger partial charge in [0.2, 0.25) is 0 Å². The van der Waals surface area contributed by atoms with Gasteiger partial charge in [-0.2, -0.15) is 0 Å². The molecule has 1 fully saturated rings. The van der Waals surface area contributed by atoms with Crippen LogP contribution in [0.15, 0.2) is 12.1 Å². The van der Waals surface area contributed by atoms with Crippen molar-refractivity contribution in [3.8, 4) is 0 Å². The predicted octanol–water partition coefficient (Wildman–Crippen LogP) is 1.46. The highest BCUT2D eigenvalue weighted by molar-refractivity contribution is 6.43. The van der Waals surface area contributed by atoms with Gasteiger partial charge in [-0.15, -0.1) is 0 Å². The number of benzene rings is 1. The van der Waals surface area contributed by atoms with E-state index in [0.717, 1.165) is 9.80 Å². The van der Waals surface area contributed by atoms with Crippen molar-refractivity contribution in [2.24, 2.45) is 0 Å². The summed E-state index contributed by atoms with van der Waals surface area (Å²) < 4.78 is 5.08. The second kappa shape index (κ2) is 7.40. The van der Waals surface area contributed by atoms with Gasteiger partial charge in [0.1, 0.15) is 6.04 Å². The molecule has 5 amide bonds. The van der Waals surface area contributed by atoms with Crippen LogP contribution < -0.4 is 5.32 Å². The molecule has 1 saturated heterocycles. The number of nitrogens with zero attached hydrogens (tertiary/aromatic N) is 2. The number of carbonyl (C=O) groups excluding carboxylic acids is 5. The van der Waals surface area contributed by atoms with E-state index in [1.165, 1.54) is 26.0 Å². The van der Waals surface area contributed by atoms with E-state index in [0.29, 0.717) is 6.54 Å². The number of halogens is 2. The van der Waals surface area contributed by atoms with E-state index < -0.39 is 41.9 Å². The Morgan fingerprint density at radius 2 is 1.61 bits per heavy atom. The van der Waals surface area contributed by atoms with Crippen molar-refractivity contribution in [1.29, 1.82) is 0 Å². The van der Waals surface area contributed by atoms with Crippen LogP contribution in [0.3, 0.4) is 0 Å². The lowest BCUT2D eigenvalue weighted by Crippen LogP contribution is -2.47. The lowest BCUT2D eigenvalue weighted by Gasteiger charge is -2.24. The van der Waals surface area contributed by atoms with E-state index in [1.54, 1.807) is 0 Å². The molecule has 0 bridgehead atoms. The Bertz CT molecular complexity index is 877. The van der Waals surface area contributed by atoms with Crippen LogP contribution in [0, 0.1) is 0 Å². The minimum absolute atomic E-state index is 0.0249. The first kappa shape index (κ1) is 20.1. The monoisotopic (exact) mass is 427 g/mol. The van der Waals surface area contributed by atoms with Crippen LogP contribution in [0.1, 0.15) is 34.6 Å².